The van der Waals surface area contributed by atoms with Gasteiger partial charge in [-0.25, -0.2) is 0 Å². The maximum atomic E-state index is 11.2. The first-order valence-electron chi connectivity index (χ1n) is 3.88. The number of rotatable bonds is 6. The lowest BCUT2D eigenvalue weighted by Crippen LogP contribution is -2.16. The molecule has 1 radical (unpaired) electrons. The third-order valence-electron chi connectivity index (χ3n) is 1.40. The van der Waals surface area contributed by atoms with Crippen LogP contribution in [0.3, 0.4) is 0 Å². The summed E-state index contributed by atoms with van der Waals surface area (Å²) in [6.45, 7) is 5.64. The fraction of sp³-hybridized carbons (Fsp3) is 0.750. The van der Waals surface area contributed by atoms with Gasteiger partial charge in [0.05, 0.1) is 0 Å². The highest BCUT2D eigenvalue weighted by Crippen LogP contribution is 2.10. The molecule has 0 saturated carbocycles. The molecule has 0 saturated heterocycles. The molecule has 65 valence electrons. The van der Waals surface area contributed by atoms with E-state index in [0.717, 1.165) is 25.0 Å². The third kappa shape index (κ3) is 5.65. The summed E-state index contributed by atoms with van der Waals surface area (Å²) in [5.74, 6) is 0.730. The fourth-order valence-electron chi connectivity index (χ4n) is 0.718. The maximum Gasteiger partial charge on any atom is 0.188 e. The van der Waals surface area contributed by atoms with Crippen molar-refractivity contribution in [2.24, 2.45) is 0 Å². The number of hydrogen-bond donors (Lipinski definition) is 0. The minimum atomic E-state index is -0.870. The Morgan fingerprint density at radius 1 is 1.64 bits per heavy atom. The molecule has 0 spiro atoms. The number of hydrogen-bond acceptors (Lipinski definition) is 1. The van der Waals surface area contributed by atoms with Crippen molar-refractivity contribution in [1.29, 1.82) is 0 Å². The normalized spacial score (nSPS) is 15.9. The van der Waals surface area contributed by atoms with Gasteiger partial charge in [-0.2, -0.15) is 0 Å². The van der Waals surface area contributed by atoms with Crippen LogP contribution in [0.1, 0.15) is 26.2 Å². The zero-order valence-electron chi connectivity index (χ0n) is 6.91. The Bertz CT molecular complexity index is 106. The molecule has 0 aromatic heterocycles. The van der Waals surface area contributed by atoms with Gasteiger partial charge in [0, 0.05) is 0 Å². The summed E-state index contributed by atoms with van der Waals surface area (Å²) in [4.78, 5) is 0. The molecule has 1 nitrogen and oxygen atoms in total. The molecule has 0 aliphatic heterocycles. The van der Waals surface area contributed by atoms with Gasteiger partial charge in [0.25, 0.3) is 0 Å². The van der Waals surface area contributed by atoms with E-state index in [1.807, 2.05) is 0 Å². The Hall–Kier alpha value is 0.400. The largest absolute Gasteiger partial charge is 0.615 e. The molecular weight excluding hydrogens is 176 g/mol. The molecule has 2 unspecified atom stereocenters. The second kappa shape index (κ2) is 7.07. The van der Waals surface area contributed by atoms with E-state index in [-0.39, 0.29) is 4.58 Å². The van der Waals surface area contributed by atoms with Crippen LogP contribution in [0.5, 0.6) is 0 Å². The van der Waals surface area contributed by atoms with E-state index in [2.05, 4.69) is 13.5 Å². The van der Waals surface area contributed by atoms with E-state index in [0.29, 0.717) is 0 Å². The van der Waals surface area contributed by atoms with Gasteiger partial charge in [0.15, 0.2) is 4.58 Å². The van der Waals surface area contributed by atoms with Gasteiger partial charge in [-0.05, 0) is 42.7 Å². The summed E-state index contributed by atoms with van der Waals surface area (Å²) in [6, 6.07) is 0. The van der Waals surface area contributed by atoms with Crippen molar-refractivity contribution < 1.29 is 4.55 Å². The molecule has 0 aliphatic carbocycles. The van der Waals surface area contributed by atoms with Crippen molar-refractivity contribution >= 4 is 23.8 Å². The van der Waals surface area contributed by atoms with Crippen LogP contribution in [0, 0.1) is 0 Å². The smallest absolute Gasteiger partial charge is 0.188 e. The SMILES string of the molecule is C=CC([S])[S+]([O-])CCCCC. The molecule has 0 rings (SSSR count). The van der Waals surface area contributed by atoms with Gasteiger partial charge in [-0.3, -0.25) is 0 Å². The van der Waals surface area contributed by atoms with Crippen LogP contribution in [-0.4, -0.2) is 14.9 Å². The average molecular weight is 191 g/mol. The molecular formula is C8H15OS2. The van der Waals surface area contributed by atoms with E-state index in [1.165, 1.54) is 0 Å². The van der Waals surface area contributed by atoms with Crippen LogP contribution in [0.25, 0.3) is 0 Å². The zero-order chi connectivity index (χ0) is 8.69. The summed E-state index contributed by atoms with van der Waals surface area (Å²) in [7, 11) is 0. The van der Waals surface area contributed by atoms with Gasteiger partial charge in [-0.1, -0.05) is 19.9 Å². The molecule has 0 aromatic rings. The molecule has 0 bridgehead atoms. The monoisotopic (exact) mass is 191 g/mol. The third-order valence-corrected chi connectivity index (χ3v) is 3.64. The van der Waals surface area contributed by atoms with Gasteiger partial charge in [-0.15, -0.1) is 0 Å². The maximum absolute atomic E-state index is 11.2. The first-order chi connectivity index (χ1) is 5.22. The molecule has 0 aromatic carbocycles. The summed E-state index contributed by atoms with van der Waals surface area (Å²) >= 11 is 4.02. The minimum absolute atomic E-state index is 0.258. The Morgan fingerprint density at radius 3 is 2.73 bits per heavy atom. The van der Waals surface area contributed by atoms with Crippen molar-refractivity contribution in [2.75, 3.05) is 5.75 Å². The molecule has 0 aliphatic rings. The molecule has 11 heavy (non-hydrogen) atoms. The van der Waals surface area contributed by atoms with Crippen LogP contribution in [0.4, 0.5) is 0 Å². The van der Waals surface area contributed by atoms with Crippen molar-refractivity contribution in [2.45, 2.75) is 30.8 Å². The van der Waals surface area contributed by atoms with Crippen molar-refractivity contribution in [3.05, 3.63) is 12.7 Å². The van der Waals surface area contributed by atoms with Gasteiger partial charge in [0.1, 0.15) is 5.75 Å². The van der Waals surface area contributed by atoms with E-state index in [1.54, 1.807) is 6.08 Å². The fourth-order valence-corrected chi connectivity index (χ4v) is 1.94. The lowest BCUT2D eigenvalue weighted by molar-refractivity contribution is 0.591. The predicted molar refractivity (Wildman–Crippen MR) is 54.1 cm³/mol. The van der Waals surface area contributed by atoms with Crippen LogP contribution >= 0.6 is 12.6 Å². The highest BCUT2D eigenvalue weighted by molar-refractivity contribution is 8.05. The van der Waals surface area contributed by atoms with Gasteiger partial charge < -0.3 is 4.55 Å². The van der Waals surface area contributed by atoms with E-state index >= 15 is 0 Å². The predicted octanol–water partition coefficient (Wildman–Crippen LogP) is 2.63. The standard InChI is InChI=1S/C8H15OS2/c1-3-5-6-7-11(9)8(10)4-2/h4,8H,2-3,5-7H2,1H3. The quantitative estimate of drug-likeness (QED) is 0.359. The minimum Gasteiger partial charge on any atom is -0.615 e. The number of unbranched alkanes of at least 4 members (excludes halogenated alkanes) is 2. The van der Waals surface area contributed by atoms with Crippen LogP contribution in [0.15, 0.2) is 12.7 Å². The Kier molecular flexibility index (Phi) is 7.33. The van der Waals surface area contributed by atoms with Crippen molar-refractivity contribution in [3.63, 3.8) is 0 Å². The van der Waals surface area contributed by atoms with Crippen LogP contribution < -0.4 is 0 Å². The summed E-state index contributed by atoms with van der Waals surface area (Å²) in [5, 5.41) is 0. The topological polar surface area (TPSA) is 23.1 Å². The van der Waals surface area contributed by atoms with E-state index < -0.39 is 11.2 Å². The Morgan fingerprint density at radius 2 is 2.27 bits per heavy atom. The first kappa shape index (κ1) is 11.4. The van der Waals surface area contributed by atoms with E-state index in [4.69, 9.17) is 12.6 Å². The molecule has 0 N–H and O–H groups in total. The van der Waals surface area contributed by atoms with Crippen molar-refractivity contribution in [1.82, 2.24) is 0 Å². The second-order valence-corrected chi connectivity index (χ2v) is 4.88. The molecule has 0 amide bonds. The molecule has 3 heteroatoms. The average Bonchev–Trinajstić information content (AvgIpc) is 2.03. The molecule has 2 atom stereocenters. The molecule has 0 heterocycles. The Labute approximate surface area is 77.9 Å². The van der Waals surface area contributed by atoms with Crippen molar-refractivity contribution in [3.8, 4) is 0 Å². The van der Waals surface area contributed by atoms with Gasteiger partial charge >= 0.3 is 0 Å². The Balaban J connectivity index is 3.35. The zero-order valence-corrected chi connectivity index (χ0v) is 8.55. The second-order valence-electron chi connectivity index (χ2n) is 2.40. The lowest BCUT2D eigenvalue weighted by Gasteiger charge is -2.12. The highest BCUT2D eigenvalue weighted by atomic mass is 32.2. The summed E-state index contributed by atoms with van der Waals surface area (Å²) < 4.78 is 10.9. The van der Waals surface area contributed by atoms with Gasteiger partial charge in [0.2, 0.25) is 0 Å². The van der Waals surface area contributed by atoms with Crippen LogP contribution in [0.2, 0.25) is 0 Å². The molecule has 0 fully saturated rings. The summed E-state index contributed by atoms with van der Waals surface area (Å²) in [6.07, 6.45) is 4.90. The highest BCUT2D eigenvalue weighted by Gasteiger charge is 2.13. The van der Waals surface area contributed by atoms with E-state index in [9.17, 15) is 4.55 Å². The lowest BCUT2D eigenvalue weighted by atomic mass is 10.3. The summed E-state index contributed by atoms with van der Waals surface area (Å²) in [5.41, 5.74) is 0. The van der Waals surface area contributed by atoms with Crippen LogP contribution in [-0.2, 0) is 11.2 Å². The first-order valence-corrected chi connectivity index (χ1v) is 5.73.